The molecule has 0 saturated carbocycles. The summed E-state index contributed by atoms with van der Waals surface area (Å²) < 4.78 is 0.268. The zero-order chi connectivity index (χ0) is 8.72. The van der Waals surface area contributed by atoms with Gasteiger partial charge in [0, 0.05) is 0 Å². The molecule has 0 radical (unpaired) electrons. The lowest BCUT2D eigenvalue weighted by molar-refractivity contribution is -0.327. The molecule has 0 unspecified atom stereocenters. The van der Waals surface area contributed by atoms with Gasteiger partial charge in [0.2, 0.25) is 5.71 Å². The van der Waals surface area contributed by atoms with Gasteiger partial charge in [-0.3, -0.25) is 0 Å². The zero-order valence-corrected chi connectivity index (χ0v) is 5.76. The summed E-state index contributed by atoms with van der Waals surface area (Å²) in [6.07, 6.45) is 1.11. The van der Waals surface area contributed by atoms with Crippen LogP contribution in [0.1, 0.15) is 0 Å². The molecular formula is C5H3N5O2. The summed E-state index contributed by atoms with van der Waals surface area (Å²) in [6.45, 7) is 0. The Bertz CT molecular complexity index is 389. The third-order valence-electron chi connectivity index (χ3n) is 1.40. The SMILES string of the molecule is NC1=NC(=O)C2=NC=NC2=[N+]1[O-]. The minimum atomic E-state index is -0.632. The standard InChI is InChI=1S/C5H3N5O2/c6-5-9-4(11)2-3(10(5)12)8-1-7-2/h1H,(H2,6,9,11). The fraction of sp³-hybridized carbons (Fsp3) is 0. The lowest BCUT2D eigenvalue weighted by Crippen LogP contribution is -2.40. The van der Waals surface area contributed by atoms with Gasteiger partial charge in [-0.15, -0.1) is 4.99 Å². The van der Waals surface area contributed by atoms with Gasteiger partial charge in [-0.25, -0.2) is 14.5 Å². The highest BCUT2D eigenvalue weighted by Gasteiger charge is 2.32. The van der Waals surface area contributed by atoms with Gasteiger partial charge in [0.05, 0.1) is 0 Å². The van der Waals surface area contributed by atoms with Crippen LogP contribution in [0.5, 0.6) is 0 Å². The highest BCUT2D eigenvalue weighted by molar-refractivity contribution is 6.69. The number of fused-ring (bicyclic) bond motifs is 1. The van der Waals surface area contributed by atoms with Crippen molar-refractivity contribution in [2.45, 2.75) is 0 Å². The van der Waals surface area contributed by atoms with E-state index in [-0.39, 0.29) is 16.3 Å². The fourth-order valence-corrected chi connectivity index (χ4v) is 0.871. The van der Waals surface area contributed by atoms with Gasteiger partial charge in [-0.1, -0.05) is 4.99 Å². The molecule has 0 aliphatic carbocycles. The molecule has 0 aromatic carbocycles. The number of nitrogens with zero attached hydrogens (tertiary/aromatic N) is 4. The predicted molar refractivity (Wildman–Crippen MR) is 41.2 cm³/mol. The number of carbonyl (C=O) groups excluding carboxylic acids is 1. The van der Waals surface area contributed by atoms with Crippen molar-refractivity contribution in [2.24, 2.45) is 20.7 Å². The molecule has 0 atom stereocenters. The van der Waals surface area contributed by atoms with Crippen molar-refractivity contribution < 1.29 is 9.53 Å². The molecule has 2 heterocycles. The Morgan fingerprint density at radius 2 is 2.33 bits per heavy atom. The van der Waals surface area contributed by atoms with Gasteiger partial charge in [0.15, 0.2) is 6.34 Å². The summed E-state index contributed by atoms with van der Waals surface area (Å²) in [6, 6.07) is 0. The molecule has 12 heavy (non-hydrogen) atoms. The van der Waals surface area contributed by atoms with E-state index < -0.39 is 11.9 Å². The number of hydrogen-bond acceptors (Lipinski definition) is 5. The normalized spacial score (nSPS) is 20.8. The van der Waals surface area contributed by atoms with E-state index in [2.05, 4.69) is 15.0 Å². The van der Waals surface area contributed by atoms with Crippen LogP contribution >= 0.6 is 0 Å². The Hall–Kier alpha value is -2.05. The first-order valence-corrected chi connectivity index (χ1v) is 3.03. The molecule has 2 rings (SSSR count). The second-order valence-electron chi connectivity index (χ2n) is 2.12. The van der Waals surface area contributed by atoms with Crippen molar-refractivity contribution in [1.82, 2.24) is 0 Å². The zero-order valence-electron chi connectivity index (χ0n) is 5.76. The molecule has 2 aliphatic rings. The quantitative estimate of drug-likeness (QED) is 0.339. The first-order valence-electron chi connectivity index (χ1n) is 3.03. The van der Waals surface area contributed by atoms with Gasteiger partial charge < -0.3 is 10.9 Å². The topological polar surface area (TPSA) is 106 Å². The predicted octanol–water partition coefficient (Wildman–Crippen LogP) is -1.77. The first kappa shape index (κ1) is 6.65. The van der Waals surface area contributed by atoms with Crippen LogP contribution in [0.2, 0.25) is 0 Å². The monoisotopic (exact) mass is 165 g/mol. The van der Waals surface area contributed by atoms with E-state index in [1.54, 1.807) is 0 Å². The molecule has 0 bridgehead atoms. The second kappa shape index (κ2) is 1.97. The number of amides is 1. The molecule has 0 saturated heterocycles. The Kier molecular flexibility index (Phi) is 1.09. The number of aliphatic imine (C=N–C) groups is 3. The highest BCUT2D eigenvalue weighted by atomic mass is 16.5. The number of amidine groups is 1. The van der Waals surface area contributed by atoms with Crippen LogP contribution in [0, 0.1) is 5.21 Å². The van der Waals surface area contributed by atoms with Crippen LogP contribution in [0.25, 0.3) is 0 Å². The Balaban J connectivity index is 2.63. The summed E-state index contributed by atoms with van der Waals surface area (Å²) in [4.78, 5) is 21.3. The maximum atomic E-state index is 11.0. The van der Waals surface area contributed by atoms with E-state index in [4.69, 9.17) is 5.73 Å². The largest absolute Gasteiger partial charge is 0.754 e. The number of guanidine groups is 1. The molecule has 0 aromatic heterocycles. The lowest BCUT2D eigenvalue weighted by Gasteiger charge is -2.12. The van der Waals surface area contributed by atoms with E-state index in [0.29, 0.717) is 0 Å². The maximum absolute atomic E-state index is 11.0. The molecule has 0 aromatic rings. The average Bonchev–Trinajstić information content (AvgIpc) is 2.48. The molecular weight excluding hydrogens is 162 g/mol. The smallest absolute Gasteiger partial charge is 0.357 e. The van der Waals surface area contributed by atoms with Crippen molar-refractivity contribution in [3.8, 4) is 0 Å². The van der Waals surface area contributed by atoms with Crippen LogP contribution in [0.4, 0.5) is 0 Å². The first-order chi connectivity index (χ1) is 5.70. The van der Waals surface area contributed by atoms with E-state index in [1.165, 1.54) is 0 Å². The number of nitrogens with two attached hydrogens (primary N) is 1. The Morgan fingerprint density at radius 3 is 3.08 bits per heavy atom. The maximum Gasteiger partial charge on any atom is 0.357 e. The summed E-state index contributed by atoms with van der Waals surface area (Å²) in [5, 5.41) is 11.0. The highest BCUT2D eigenvalue weighted by Crippen LogP contribution is 2.01. The van der Waals surface area contributed by atoms with E-state index in [0.717, 1.165) is 6.34 Å². The number of hydroxylamine groups is 1. The van der Waals surface area contributed by atoms with E-state index >= 15 is 0 Å². The van der Waals surface area contributed by atoms with E-state index in [1.807, 2.05) is 0 Å². The number of hydrogen-bond donors (Lipinski definition) is 1. The van der Waals surface area contributed by atoms with Crippen LogP contribution in [0.3, 0.4) is 0 Å². The third kappa shape index (κ3) is 0.669. The minimum absolute atomic E-state index is 0.0563. The van der Waals surface area contributed by atoms with E-state index in [9.17, 15) is 10.0 Å². The van der Waals surface area contributed by atoms with Crippen LogP contribution in [0.15, 0.2) is 15.0 Å². The molecule has 0 spiro atoms. The molecule has 0 fully saturated rings. The summed E-state index contributed by atoms with van der Waals surface area (Å²) in [7, 11) is 0. The van der Waals surface area contributed by atoms with Crippen LogP contribution < -0.4 is 5.73 Å². The molecule has 2 N–H and O–H groups in total. The summed E-state index contributed by atoms with van der Waals surface area (Å²) >= 11 is 0. The molecule has 7 heteroatoms. The lowest BCUT2D eigenvalue weighted by atomic mass is 10.3. The summed E-state index contributed by atoms with van der Waals surface area (Å²) in [5.74, 6) is -1.13. The van der Waals surface area contributed by atoms with Gasteiger partial charge in [0.25, 0.3) is 5.84 Å². The van der Waals surface area contributed by atoms with Crippen molar-refractivity contribution in [1.29, 1.82) is 0 Å². The number of rotatable bonds is 0. The van der Waals surface area contributed by atoms with Crippen LogP contribution in [-0.4, -0.2) is 34.5 Å². The third-order valence-corrected chi connectivity index (χ3v) is 1.40. The summed E-state index contributed by atoms with van der Waals surface area (Å²) in [5.41, 5.74) is 5.06. The molecule has 1 amide bonds. The number of carbonyl (C=O) groups is 1. The van der Waals surface area contributed by atoms with Crippen LogP contribution in [-0.2, 0) is 4.79 Å². The Labute approximate surface area is 66.2 Å². The molecule has 7 nitrogen and oxygen atoms in total. The van der Waals surface area contributed by atoms with Gasteiger partial charge in [-0.05, 0) is 0 Å². The van der Waals surface area contributed by atoms with Crippen molar-refractivity contribution >= 4 is 29.8 Å². The average molecular weight is 165 g/mol. The van der Waals surface area contributed by atoms with Crippen molar-refractivity contribution in [3.63, 3.8) is 0 Å². The van der Waals surface area contributed by atoms with Gasteiger partial charge in [-0.2, -0.15) is 0 Å². The second-order valence-corrected chi connectivity index (χ2v) is 2.12. The fourth-order valence-electron chi connectivity index (χ4n) is 0.871. The minimum Gasteiger partial charge on any atom is -0.754 e. The van der Waals surface area contributed by atoms with Crippen molar-refractivity contribution in [3.05, 3.63) is 5.21 Å². The molecule has 60 valence electrons. The van der Waals surface area contributed by atoms with Gasteiger partial charge >= 0.3 is 11.9 Å². The Morgan fingerprint density at radius 1 is 1.58 bits per heavy atom. The van der Waals surface area contributed by atoms with Crippen molar-refractivity contribution in [2.75, 3.05) is 0 Å². The molecule has 2 aliphatic heterocycles. The van der Waals surface area contributed by atoms with Gasteiger partial charge in [0.1, 0.15) is 0 Å².